The third-order valence-corrected chi connectivity index (χ3v) is 4.04. The molecule has 122 valence electrons. The minimum absolute atomic E-state index is 0.284. The number of aryl methyl sites for hydroxylation is 1. The SMILES string of the molecule is CCOC(=O)c1sc(NC(=O)c2cccnc2OCC)cc1C. The largest absolute Gasteiger partial charge is 0.477 e. The number of amides is 1. The number of rotatable bonds is 6. The van der Waals surface area contributed by atoms with Gasteiger partial charge in [0.15, 0.2) is 0 Å². The normalized spacial score (nSPS) is 10.2. The van der Waals surface area contributed by atoms with Crippen molar-refractivity contribution in [3.63, 3.8) is 0 Å². The monoisotopic (exact) mass is 334 g/mol. The third-order valence-electron chi connectivity index (χ3n) is 2.91. The molecular weight excluding hydrogens is 316 g/mol. The van der Waals surface area contributed by atoms with E-state index in [0.717, 1.165) is 5.56 Å². The van der Waals surface area contributed by atoms with Gasteiger partial charge in [-0.3, -0.25) is 4.79 Å². The zero-order valence-electron chi connectivity index (χ0n) is 13.2. The molecule has 2 heterocycles. The summed E-state index contributed by atoms with van der Waals surface area (Å²) >= 11 is 1.18. The summed E-state index contributed by atoms with van der Waals surface area (Å²) in [5, 5.41) is 3.34. The molecule has 0 fully saturated rings. The van der Waals surface area contributed by atoms with E-state index >= 15 is 0 Å². The summed E-state index contributed by atoms with van der Waals surface area (Å²) in [6.45, 7) is 6.10. The van der Waals surface area contributed by atoms with Crippen LogP contribution in [-0.2, 0) is 4.74 Å². The number of pyridine rings is 1. The lowest BCUT2D eigenvalue weighted by Gasteiger charge is -2.08. The predicted octanol–water partition coefficient (Wildman–Crippen LogP) is 3.28. The summed E-state index contributed by atoms with van der Waals surface area (Å²) in [5.74, 6) is -0.434. The van der Waals surface area contributed by atoms with E-state index in [1.165, 1.54) is 11.3 Å². The fraction of sp³-hybridized carbons (Fsp3) is 0.312. The number of ether oxygens (including phenoxy) is 2. The second-order valence-corrected chi connectivity index (χ2v) is 5.64. The van der Waals surface area contributed by atoms with Crippen molar-refractivity contribution < 1.29 is 19.1 Å². The zero-order valence-corrected chi connectivity index (χ0v) is 14.0. The number of carbonyl (C=O) groups excluding carboxylic acids is 2. The summed E-state index contributed by atoms with van der Waals surface area (Å²) < 4.78 is 10.3. The molecule has 0 aliphatic carbocycles. The molecule has 0 saturated carbocycles. The smallest absolute Gasteiger partial charge is 0.348 e. The first kappa shape index (κ1) is 17.0. The number of esters is 1. The first-order chi connectivity index (χ1) is 11.1. The molecule has 1 amide bonds. The van der Waals surface area contributed by atoms with Gasteiger partial charge in [-0.1, -0.05) is 0 Å². The molecule has 0 saturated heterocycles. The fourth-order valence-electron chi connectivity index (χ4n) is 1.94. The maximum Gasteiger partial charge on any atom is 0.348 e. The molecule has 0 atom stereocenters. The number of thiophene rings is 1. The van der Waals surface area contributed by atoms with Crippen molar-refractivity contribution in [3.05, 3.63) is 40.4 Å². The topological polar surface area (TPSA) is 77.5 Å². The molecule has 7 heteroatoms. The van der Waals surface area contributed by atoms with Crippen LogP contribution < -0.4 is 10.1 Å². The lowest BCUT2D eigenvalue weighted by Crippen LogP contribution is -2.13. The van der Waals surface area contributed by atoms with Crippen molar-refractivity contribution in [3.8, 4) is 5.88 Å². The minimum Gasteiger partial charge on any atom is -0.477 e. The molecule has 0 aliphatic heterocycles. The second kappa shape index (κ2) is 7.73. The van der Waals surface area contributed by atoms with Gasteiger partial charge in [0.2, 0.25) is 5.88 Å². The van der Waals surface area contributed by atoms with E-state index in [1.807, 2.05) is 6.92 Å². The maximum absolute atomic E-state index is 12.4. The molecule has 0 bridgehead atoms. The summed E-state index contributed by atoms with van der Waals surface area (Å²) in [6, 6.07) is 5.05. The van der Waals surface area contributed by atoms with Crippen LogP contribution >= 0.6 is 11.3 Å². The van der Waals surface area contributed by atoms with Crippen molar-refractivity contribution in [1.82, 2.24) is 4.98 Å². The van der Waals surface area contributed by atoms with Crippen LogP contribution in [-0.4, -0.2) is 30.1 Å². The number of nitrogens with zero attached hydrogens (tertiary/aromatic N) is 1. The molecule has 2 aromatic heterocycles. The Hall–Kier alpha value is -2.41. The van der Waals surface area contributed by atoms with Crippen molar-refractivity contribution in [1.29, 1.82) is 0 Å². The molecule has 0 aliphatic rings. The van der Waals surface area contributed by atoms with Crippen LogP contribution in [0.1, 0.15) is 39.4 Å². The molecule has 0 unspecified atom stereocenters. The van der Waals surface area contributed by atoms with Gasteiger partial charge in [0, 0.05) is 6.20 Å². The van der Waals surface area contributed by atoms with E-state index in [1.54, 1.807) is 38.2 Å². The molecule has 0 aromatic carbocycles. The van der Waals surface area contributed by atoms with Gasteiger partial charge in [0.1, 0.15) is 10.4 Å². The van der Waals surface area contributed by atoms with E-state index in [0.29, 0.717) is 28.7 Å². The number of anilines is 1. The van der Waals surface area contributed by atoms with Crippen LogP contribution in [0.4, 0.5) is 5.00 Å². The minimum atomic E-state index is -0.383. The fourth-order valence-corrected chi connectivity index (χ4v) is 2.90. The first-order valence-corrected chi connectivity index (χ1v) is 8.05. The Morgan fingerprint density at radius 1 is 1.30 bits per heavy atom. The average molecular weight is 334 g/mol. The standard InChI is InChI=1S/C16H18N2O4S/c1-4-21-15-11(7-6-8-17-15)14(19)18-12-9-10(3)13(23-12)16(20)22-5-2/h6-9H,4-5H2,1-3H3,(H,18,19). The van der Waals surface area contributed by atoms with Crippen LogP contribution in [0, 0.1) is 6.92 Å². The van der Waals surface area contributed by atoms with E-state index in [4.69, 9.17) is 9.47 Å². The van der Waals surface area contributed by atoms with E-state index in [-0.39, 0.29) is 17.8 Å². The lowest BCUT2D eigenvalue weighted by molar-refractivity contribution is 0.0531. The second-order valence-electron chi connectivity index (χ2n) is 4.59. The van der Waals surface area contributed by atoms with Crippen molar-refractivity contribution in [2.75, 3.05) is 18.5 Å². The van der Waals surface area contributed by atoms with Crippen LogP contribution in [0.3, 0.4) is 0 Å². The van der Waals surface area contributed by atoms with Gasteiger partial charge in [-0.05, 0) is 44.5 Å². The highest BCUT2D eigenvalue weighted by atomic mass is 32.1. The van der Waals surface area contributed by atoms with Crippen LogP contribution in [0.2, 0.25) is 0 Å². The van der Waals surface area contributed by atoms with Crippen LogP contribution in [0.15, 0.2) is 24.4 Å². The van der Waals surface area contributed by atoms with E-state index in [9.17, 15) is 9.59 Å². The van der Waals surface area contributed by atoms with Gasteiger partial charge in [0.25, 0.3) is 5.91 Å². The highest BCUT2D eigenvalue weighted by Gasteiger charge is 2.18. The highest BCUT2D eigenvalue weighted by molar-refractivity contribution is 7.18. The Bertz CT molecular complexity index is 712. The third kappa shape index (κ3) is 4.07. The molecule has 2 rings (SSSR count). The average Bonchev–Trinajstić information content (AvgIpc) is 2.89. The Morgan fingerprint density at radius 3 is 2.78 bits per heavy atom. The molecular formula is C16H18N2O4S. The van der Waals surface area contributed by atoms with Gasteiger partial charge in [-0.25, -0.2) is 9.78 Å². The number of aromatic nitrogens is 1. The molecule has 0 radical (unpaired) electrons. The number of carbonyl (C=O) groups is 2. The summed E-state index contributed by atoms with van der Waals surface area (Å²) in [7, 11) is 0. The Balaban J connectivity index is 2.18. The van der Waals surface area contributed by atoms with Crippen LogP contribution in [0.25, 0.3) is 0 Å². The van der Waals surface area contributed by atoms with Crippen molar-refractivity contribution in [2.24, 2.45) is 0 Å². The molecule has 23 heavy (non-hydrogen) atoms. The molecule has 1 N–H and O–H groups in total. The number of hydrogen-bond acceptors (Lipinski definition) is 6. The molecule has 0 spiro atoms. The summed E-state index contributed by atoms with van der Waals surface area (Å²) in [6.07, 6.45) is 1.57. The van der Waals surface area contributed by atoms with Gasteiger partial charge in [-0.2, -0.15) is 0 Å². The predicted molar refractivity (Wildman–Crippen MR) is 88.4 cm³/mol. The van der Waals surface area contributed by atoms with Gasteiger partial charge in [0.05, 0.1) is 18.2 Å². The lowest BCUT2D eigenvalue weighted by atomic mass is 10.2. The Labute approximate surface area is 138 Å². The zero-order chi connectivity index (χ0) is 16.8. The quantitative estimate of drug-likeness (QED) is 0.820. The van der Waals surface area contributed by atoms with Crippen LogP contribution in [0.5, 0.6) is 5.88 Å². The molecule has 6 nitrogen and oxygen atoms in total. The number of nitrogens with one attached hydrogen (secondary N) is 1. The van der Waals surface area contributed by atoms with Gasteiger partial charge < -0.3 is 14.8 Å². The van der Waals surface area contributed by atoms with Crippen molar-refractivity contribution in [2.45, 2.75) is 20.8 Å². The Morgan fingerprint density at radius 2 is 2.09 bits per heavy atom. The number of hydrogen-bond donors (Lipinski definition) is 1. The first-order valence-electron chi connectivity index (χ1n) is 7.23. The summed E-state index contributed by atoms with van der Waals surface area (Å²) in [4.78, 5) is 28.7. The summed E-state index contributed by atoms with van der Waals surface area (Å²) in [5.41, 5.74) is 1.11. The molecule has 2 aromatic rings. The maximum atomic E-state index is 12.4. The van der Waals surface area contributed by atoms with Gasteiger partial charge in [-0.15, -0.1) is 11.3 Å². The van der Waals surface area contributed by atoms with E-state index in [2.05, 4.69) is 10.3 Å². The van der Waals surface area contributed by atoms with Crippen molar-refractivity contribution >= 4 is 28.2 Å². The van der Waals surface area contributed by atoms with Gasteiger partial charge >= 0.3 is 5.97 Å². The Kier molecular flexibility index (Phi) is 5.70. The highest BCUT2D eigenvalue weighted by Crippen LogP contribution is 2.28. The van der Waals surface area contributed by atoms with E-state index < -0.39 is 0 Å².